The van der Waals surface area contributed by atoms with E-state index in [1.54, 1.807) is 11.3 Å². The van der Waals surface area contributed by atoms with Crippen LogP contribution in [-0.2, 0) is 39.6 Å². The van der Waals surface area contributed by atoms with Crippen LogP contribution in [0, 0.1) is 18.8 Å². The number of rotatable bonds is 17. The first-order valence-corrected chi connectivity index (χ1v) is 19.7. The molecule has 5 rings (SSSR count). The summed E-state index contributed by atoms with van der Waals surface area (Å²) in [5, 5.41) is 9.05. The van der Waals surface area contributed by atoms with Crippen molar-refractivity contribution in [3.8, 4) is 0 Å². The van der Waals surface area contributed by atoms with E-state index in [0.29, 0.717) is 6.42 Å². The van der Waals surface area contributed by atoms with E-state index >= 15 is 0 Å². The number of thiophene rings is 1. The maximum atomic E-state index is 11.0. The van der Waals surface area contributed by atoms with Crippen LogP contribution >= 0.6 is 27.3 Å². The van der Waals surface area contributed by atoms with Crippen LogP contribution in [0.4, 0.5) is 0 Å². The van der Waals surface area contributed by atoms with Crippen LogP contribution in [-0.4, -0.2) is 68.1 Å². The molecule has 4 fully saturated rings. The third-order valence-corrected chi connectivity index (χ3v) is 11.9. The Balaban J connectivity index is 1.35. The zero-order valence-electron chi connectivity index (χ0n) is 28.0. The molecule has 264 valence electrons. The number of halogens is 1. The van der Waals surface area contributed by atoms with Gasteiger partial charge in [0.1, 0.15) is 0 Å². The van der Waals surface area contributed by atoms with Crippen molar-refractivity contribution in [2.24, 2.45) is 11.8 Å². The minimum absolute atomic E-state index is 0.0162. The lowest BCUT2D eigenvalue weighted by atomic mass is 9.89. The van der Waals surface area contributed by atoms with E-state index in [2.05, 4.69) is 53.2 Å². The van der Waals surface area contributed by atoms with E-state index in [9.17, 15) is 4.79 Å². The van der Waals surface area contributed by atoms with Crippen molar-refractivity contribution in [1.82, 2.24) is 0 Å². The molecule has 3 saturated heterocycles. The second kappa shape index (κ2) is 19.9. The van der Waals surface area contributed by atoms with Gasteiger partial charge in [0.2, 0.25) is 0 Å². The summed E-state index contributed by atoms with van der Waals surface area (Å²) in [5.74, 6) is -0.458. The highest BCUT2D eigenvalue weighted by Crippen LogP contribution is 2.42. The van der Waals surface area contributed by atoms with Crippen LogP contribution in [0.1, 0.15) is 107 Å². The molecular weight excluding hydrogens is 684 g/mol. The van der Waals surface area contributed by atoms with Gasteiger partial charge in [0, 0.05) is 43.5 Å². The first kappa shape index (κ1) is 37.2. The second-order valence-electron chi connectivity index (χ2n) is 13.5. The molecule has 3 unspecified atom stereocenters. The van der Waals surface area contributed by atoms with E-state index in [4.69, 9.17) is 33.5 Å². The van der Waals surface area contributed by atoms with Gasteiger partial charge >= 0.3 is 5.97 Å². The quantitative estimate of drug-likeness (QED) is 0.125. The van der Waals surface area contributed by atoms with Gasteiger partial charge in [0.15, 0.2) is 18.9 Å². The van der Waals surface area contributed by atoms with E-state index in [1.165, 1.54) is 14.2 Å². The number of allylic oxidation sites excluding steroid dienone is 2. The summed E-state index contributed by atoms with van der Waals surface area (Å²) in [5.41, 5.74) is 1.27. The molecule has 1 saturated carbocycles. The van der Waals surface area contributed by atoms with Gasteiger partial charge in [-0.3, -0.25) is 4.79 Å². The van der Waals surface area contributed by atoms with Crippen LogP contribution in [0.5, 0.6) is 0 Å². The lowest BCUT2D eigenvalue weighted by Gasteiger charge is -2.30. The largest absolute Gasteiger partial charge is 0.481 e. The van der Waals surface area contributed by atoms with E-state index in [0.717, 1.165) is 110 Å². The highest BCUT2D eigenvalue weighted by atomic mass is 79.9. The molecule has 3 aliphatic heterocycles. The first-order valence-electron chi connectivity index (χ1n) is 18.1. The fraction of sp³-hybridized carbons (Fsp3) is 0.757. The summed E-state index contributed by atoms with van der Waals surface area (Å²) < 4.78 is 39.4. The molecule has 1 aliphatic carbocycles. The molecule has 10 heteroatoms. The predicted octanol–water partition coefficient (Wildman–Crippen LogP) is 8.88. The van der Waals surface area contributed by atoms with Gasteiger partial charge in [0.05, 0.1) is 22.1 Å². The molecule has 8 nitrogen and oxygen atoms in total. The molecule has 1 aromatic rings. The zero-order chi connectivity index (χ0) is 32.8. The Morgan fingerprint density at radius 3 is 2.23 bits per heavy atom. The van der Waals surface area contributed by atoms with E-state index in [1.807, 2.05) is 0 Å². The van der Waals surface area contributed by atoms with E-state index in [-0.39, 0.29) is 55.4 Å². The molecule has 1 N–H and O–H groups in total. The van der Waals surface area contributed by atoms with Crippen LogP contribution < -0.4 is 0 Å². The molecular formula is C37H55BrO8S. The SMILES string of the molecule is Cc1cc(CC[C@@H](C=C[C@@H]2[C@@H](CC=CCCCC(=O)O)[C@@H](OC3CCCCO3)C[C@H]2OC2CCCCO2)OC2CCCCO2)sc1Br. The van der Waals surface area contributed by atoms with Crippen LogP contribution in [0.3, 0.4) is 0 Å². The van der Waals surface area contributed by atoms with E-state index < -0.39 is 5.97 Å². The third-order valence-electron chi connectivity index (χ3n) is 9.73. The van der Waals surface area contributed by atoms with Gasteiger partial charge in [-0.2, -0.15) is 0 Å². The van der Waals surface area contributed by atoms with Crippen molar-refractivity contribution in [1.29, 1.82) is 0 Å². The number of aliphatic carboxylic acids is 1. The predicted molar refractivity (Wildman–Crippen MR) is 186 cm³/mol. The molecule has 47 heavy (non-hydrogen) atoms. The van der Waals surface area contributed by atoms with Crippen molar-refractivity contribution < 1.29 is 38.3 Å². The van der Waals surface area contributed by atoms with Gasteiger partial charge in [-0.05, 0) is 130 Å². The lowest BCUT2D eigenvalue weighted by Crippen LogP contribution is -2.31. The number of ether oxygens (including phenoxy) is 6. The summed E-state index contributed by atoms with van der Waals surface area (Å²) in [7, 11) is 0. The number of carboxylic acid groups (broad SMARTS) is 1. The lowest BCUT2D eigenvalue weighted by molar-refractivity contribution is -0.203. The summed E-state index contributed by atoms with van der Waals surface area (Å²) in [6.07, 6.45) is 22.6. The zero-order valence-corrected chi connectivity index (χ0v) is 30.4. The van der Waals surface area contributed by atoms with Gasteiger partial charge in [-0.25, -0.2) is 0 Å². The summed E-state index contributed by atoms with van der Waals surface area (Å²) >= 11 is 5.49. The van der Waals surface area contributed by atoms with Gasteiger partial charge in [-0.15, -0.1) is 11.3 Å². The first-order chi connectivity index (χ1) is 22.9. The van der Waals surface area contributed by atoms with Crippen LogP contribution in [0.25, 0.3) is 0 Å². The molecule has 0 aromatic carbocycles. The average molecular weight is 740 g/mol. The standard InChI is InChI=1S/C37H55BrO8S/c1-26-24-28(47-37(26)38)19-17-27(44-34-14-6-9-21-41-34)18-20-30-29(12-4-2-3-5-13-33(39)40)31(45-35-15-7-10-22-42-35)25-32(30)46-36-16-8-11-23-43-36/h2,4,18,20,24,27,29-32,34-36H,3,5-17,19,21-23,25H2,1H3,(H,39,40)/t27-,29+,30+,31-,32+,34?,35?,36?/m0/s1. The summed E-state index contributed by atoms with van der Waals surface area (Å²) in [4.78, 5) is 12.4. The second-order valence-corrected chi connectivity index (χ2v) is 15.9. The van der Waals surface area contributed by atoms with Crippen molar-refractivity contribution in [2.75, 3.05) is 19.8 Å². The van der Waals surface area contributed by atoms with Gasteiger partial charge < -0.3 is 33.5 Å². The summed E-state index contributed by atoms with van der Waals surface area (Å²) in [6.45, 7) is 4.38. The van der Waals surface area contributed by atoms with Crippen molar-refractivity contribution >= 4 is 33.2 Å². The Labute approximate surface area is 293 Å². The fourth-order valence-corrected chi connectivity index (χ4v) is 8.78. The Morgan fingerprint density at radius 2 is 1.64 bits per heavy atom. The van der Waals surface area contributed by atoms with Crippen LogP contribution in [0.15, 0.2) is 34.2 Å². The number of unbranched alkanes of at least 4 members (excludes halogenated alkanes) is 1. The monoisotopic (exact) mass is 738 g/mol. The number of hydrogen-bond acceptors (Lipinski definition) is 8. The molecule has 0 bridgehead atoms. The smallest absolute Gasteiger partial charge is 0.303 e. The number of aryl methyl sites for hydroxylation is 2. The molecule has 0 amide bonds. The molecule has 0 radical (unpaired) electrons. The number of hydrogen-bond donors (Lipinski definition) is 1. The topological polar surface area (TPSA) is 92.7 Å². The van der Waals surface area contributed by atoms with Crippen molar-refractivity contribution in [3.05, 3.63) is 44.6 Å². The minimum Gasteiger partial charge on any atom is -0.481 e. The Kier molecular flexibility index (Phi) is 15.7. The maximum Gasteiger partial charge on any atom is 0.303 e. The molecule has 8 atom stereocenters. The van der Waals surface area contributed by atoms with Crippen LogP contribution in [0.2, 0.25) is 0 Å². The van der Waals surface area contributed by atoms with Crippen molar-refractivity contribution in [3.63, 3.8) is 0 Å². The molecule has 0 spiro atoms. The maximum absolute atomic E-state index is 11.0. The number of carboxylic acids is 1. The molecule has 1 aromatic heterocycles. The van der Waals surface area contributed by atoms with Gasteiger partial charge in [-0.1, -0.05) is 24.3 Å². The molecule has 4 heterocycles. The average Bonchev–Trinajstić information content (AvgIpc) is 3.57. The normalized spacial score (nSPS) is 31.1. The highest BCUT2D eigenvalue weighted by Gasteiger charge is 2.45. The minimum atomic E-state index is -0.748. The molecule has 4 aliphatic rings. The Bertz CT molecular complexity index is 1100. The number of carbonyl (C=O) groups is 1. The van der Waals surface area contributed by atoms with Gasteiger partial charge in [0.25, 0.3) is 0 Å². The summed E-state index contributed by atoms with van der Waals surface area (Å²) in [6, 6.07) is 2.27. The Hall–Kier alpha value is -1.11. The highest BCUT2D eigenvalue weighted by molar-refractivity contribution is 9.11. The Morgan fingerprint density at radius 1 is 0.979 bits per heavy atom. The third kappa shape index (κ3) is 12.3. The fourth-order valence-electron chi connectivity index (χ4n) is 7.14. The van der Waals surface area contributed by atoms with Crippen molar-refractivity contribution in [2.45, 2.75) is 147 Å².